The lowest BCUT2D eigenvalue weighted by Crippen LogP contribution is -2.43. The van der Waals surface area contributed by atoms with Crippen molar-refractivity contribution >= 4 is 5.91 Å². The van der Waals surface area contributed by atoms with Gasteiger partial charge in [-0.2, -0.15) is 23.3 Å². The van der Waals surface area contributed by atoms with E-state index in [1.54, 1.807) is 16.6 Å². The monoisotopic (exact) mass is 449 g/mol. The number of ether oxygens (including phenoxy) is 1. The maximum Gasteiger partial charge on any atom is 0.416 e. The minimum absolute atomic E-state index is 0.0215. The number of halogens is 3. The molecule has 1 atom stereocenters. The van der Waals surface area contributed by atoms with Crippen molar-refractivity contribution in [1.29, 1.82) is 0 Å². The zero-order chi connectivity index (χ0) is 23.0. The van der Waals surface area contributed by atoms with Gasteiger partial charge in [0, 0.05) is 24.7 Å². The maximum atomic E-state index is 13.1. The summed E-state index contributed by atoms with van der Waals surface area (Å²) in [6, 6.07) is 4.69. The third-order valence-electron chi connectivity index (χ3n) is 5.44. The van der Waals surface area contributed by atoms with Crippen LogP contribution in [0.15, 0.2) is 28.8 Å². The first-order valence-electron chi connectivity index (χ1n) is 10.1. The number of benzene rings is 1. The molecule has 1 fully saturated rings. The number of alkyl halides is 3. The molecule has 1 saturated heterocycles. The third-order valence-corrected chi connectivity index (χ3v) is 5.44. The van der Waals surface area contributed by atoms with E-state index in [-0.39, 0.29) is 36.3 Å². The molecule has 32 heavy (non-hydrogen) atoms. The third kappa shape index (κ3) is 4.12. The number of morpholine rings is 1. The molecular formula is C21H22F3N5O3. The Balaban J connectivity index is 1.53. The van der Waals surface area contributed by atoms with E-state index in [4.69, 9.17) is 9.26 Å². The summed E-state index contributed by atoms with van der Waals surface area (Å²) in [6.45, 7) is 4.67. The van der Waals surface area contributed by atoms with Crippen LogP contribution in [-0.2, 0) is 24.4 Å². The van der Waals surface area contributed by atoms with Crippen molar-refractivity contribution in [3.05, 3.63) is 52.7 Å². The Kier molecular flexibility index (Phi) is 5.76. The summed E-state index contributed by atoms with van der Waals surface area (Å²) >= 11 is 0. The summed E-state index contributed by atoms with van der Waals surface area (Å²) in [5.74, 6) is -0.0535. The summed E-state index contributed by atoms with van der Waals surface area (Å²) in [6.07, 6.45) is -4.44. The summed E-state index contributed by atoms with van der Waals surface area (Å²) in [5.41, 5.74) is 1.59. The zero-order valence-corrected chi connectivity index (χ0v) is 17.8. The van der Waals surface area contributed by atoms with Gasteiger partial charge >= 0.3 is 6.18 Å². The van der Waals surface area contributed by atoms with E-state index < -0.39 is 17.8 Å². The van der Waals surface area contributed by atoms with Crippen molar-refractivity contribution in [1.82, 2.24) is 24.8 Å². The van der Waals surface area contributed by atoms with Gasteiger partial charge in [0.1, 0.15) is 5.69 Å². The van der Waals surface area contributed by atoms with E-state index in [1.165, 1.54) is 12.1 Å². The molecule has 1 amide bonds. The minimum Gasteiger partial charge on any atom is -0.365 e. The molecule has 1 unspecified atom stereocenters. The van der Waals surface area contributed by atoms with E-state index in [0.717, 1.165) is 29.8 Å². The van der Waals surface area contributed by atoms with Gasteiger partial charge in [0.15, 0.2) is 6.10 Å². The number of hydrogen-bond acceptors (Lipinski definition) is 6. The highest BCUT2D eigenvalue weighted by molar-refractivity contribution is 5.94. The van der Waals surface area contributed by atoms with Gasteiger partial charge in [0.05, 0.1) is 24.4 Å². The first-order chi connectivity index (χ1) is 15.2. The van der Waals surface area contributed by atoms with Gasteiger partial charge in [-0.1, -0.05) is 24.2 Å². The quantitative estimate of drug-likeness (QED) is 0.605. The maximum absolute atomic E-state index is 13.1. The zero-order valence-electron chi connectivity index (χ0n) is 17.8. The van der Waals surface area contributed by atoms with Crippen molar-refractivity contribution in [3.8, 4) is 11.4 Å². The first-order valence-corrected chi connectivity index (χ1v) is 10.1. The minimum atomic E-state index is -4.47. The number of carbonyl (C=O) groups excluding carboxylic acids is 1. The smallest absolute Gasteiger partial charge is 0.365 e. The second-order valence-electron chi connectivity index (χ2n) is 7.54. The molecule has 0 bridgehead atoms. The molecular weight excluding hydrogens is 427 g/mol. The van der Waals surface area contributed by atoms with Crippen molar-refractivity contribution in [2.45, 2.75) is 32.5 Å². The van der Waals surface area contributed by atoms with Crippen LogP contribution in [-0.4, -0.2) is 50.4 Å². The lowest BCUT2D eigenvalue weighted by Gasteiger charge is -2.31. The molecule has 3 heterocycles. The van der Waals surface area contributed by atoms with Gasteiger partial charge in [0.2, 0.25) is 5.82 Å². The Morgan fingerprint density at radius 2 is 2.09 bits per heavy atom. The van der Waals surface area contributed by atoms with Crippen molar-refractivity contribution < 1.29 is 27.2 Å². The van der Waals surface area contributed by atoms with Crippen LogP contribution in [0.1, 0.15) is 46.2 Å². The number of hydrogen-bond donors (Lipinski definition) is 0. The number of nitrogens with zero attached hydrogens (tertiary/aromatic N) is 5. The molecule has 1 aromatic carbocycles. The van der Waals surface area contributed by atoms with Crippen LogP contribution in [0.25, 0.3) is 11.4 Å². The summed E-state index contributed by atoms with van der Waals surface area (Å²) < 4.78 is 51.5. The summed E-state index contributed by atoms with van der Waals surface area (Å²) in [4.78, 5) is 19.0. The number of rotatable bonds is 4. The van der Waals surface area contributed by atoms with Crippen molar-refractivity contribution in [2.24, 2.45) is 7.05 Å². The van der Waals surface area contributed by atoms with Crippen molar-refractivity contribution in [2.75, 3.05) is 19.7 Å². The molecule has 0 N–H and O–H groups in total. The predicted octanol–water partition coefficient (Wildman–Crippen LogP) is 3.57. The fraction of sp³-hybridized carbons (Fsp3) is 0.429. The Morgan fingerprint density at radius 1 is 1.31 bits per heavy atom. The van der Waals surface area contributed by atoms with Gasteiger partial charge in [0.25, 0.3) is 11.8 Å². The molecule has 0 saturated carbocycles. The van der Waals surface area contributed by atoms with Crippen LogP contribution in [0.3, 0.4) is 0 Å². The number of amides is 1. The lowest BCUT2D eigenvalue weighted by molar-refractivity contribution is -0.137. The van der Waals surface area contributed by atoms with Gasteiger partial charge in [-0.05, 0) is 25.5 Å². The van der Waals surface area contributed by atoms with Gasteiger partial charge in [-0.3, -0.25) is 9.48 Å². The normalized spacial score (nSPS) is 17.1. The van der Waals surface area contributed by atoms with Gasteiger partial charge in [-0.25, -0.2) is 0 Å². The number of carbonyl (C=O) groups is 1. The van der Waals surface area contributed by atoms with Crippen LogP contribution in [0, 0.1) is 6.92 Å². The predicted molar refractivity (Wildman–Crippen MR) is 107 cm³/mol. The average molecular weight is 449 g/mol. The summed E-state index contributed by atoms with van der Waals surface area (Å²) in [5, 5.41) is 8.20. The summed E-state index contributed by atoms with van der Waals surface area (Å²) in [7, 11) is 1.73. The molecule has 1 aliphatic heterocycles. The van der Waals surface area contributed by atoms with E-state index in [1.807, 2.05) is 13.8 Å². The fourth-order valence-electron chi connectivity index (χ4n) is 3.77. The topological polar surface area (TPSA) is 86.3 Å². The molecule has 3 aromatic rings. The van der Waals surface area contributed by atoms with Gasteiger partial charge in [-0.15, -0.1) is 0 Å². The van der Waals surface area contributed by atoms with Crippen LogP contribution in [0.5, 0.6) is 0 Å². The Labute approximate surface area is 182 Å². The van der Waals surface area contributed by atoms with Crippen molar-refractivity contribution in [3.63, 3.8) is 0 Å². The van der Waals surface area contributed by atoms with Crippen LogP contribution >= 0.6 is 0 Å². The molecule has 0 radical (unpaired) electrons. The second-order valence-corrected chi connectivity index (χ2v) is 7.54. The van der Waals surface area contributed by atoms with Gasteiger partial charge < -0.3 is 14.2 Å². The Hall–Kier alpha value is -3.21. The van der Waals surface area contributed by atoms with E-state index in [0.29, 0.717) is 12.2 Å². The average Bonchev–Trinajstić information content (AvgIpc) is 3.37. The van der Waals surface area contributed by atoms with Crippen LogP contribution in [0.4, 0.5) is 13.2 Å². The standard InChI is InChI=1S/C21H22F3N5O3/c1-4-15-12(2)17(28(3)26-15)20(30)29-8-9-31-16(11-29)19-25-18(27-32-19)13-6-5-7-14(10-13)21(22,23)24/h5-7,10,16H,4,8-9,11H2,1-3H3. The molecule has 11 heteroatoms. The van der Waals surface area contributed by atoms with E-state index >= 15 is 0 Å². The number of aromatic nitrogens is 4. The molecule has 170 valence electrons. The molecule has 2 aromatic heterocycles. The lowest BCUT2D eigenvalue weighted by atomic mass is 10.1. The highest BCUT2D eigenvalue weighted by Crippen LogP contribution is 2.32. The van der Waals surface area contributed by atoms with E-state index in [9.17, 15) is 18.0 Å². The van der Waals surface area contributed by atoms with Crippen LogP contribution < -0.4 is 0 Å². The van der Waals surface area contributed by atoms with E-state index in [2.05, 4.69) is 15.2 Å². The van der Waals surface area contributed by atoms with Crippen LogP contribution in [0.2, 0.25) is 0 Å². The fourth-order valence-corrected chi connectivity index (χ4v) is 3.77. The number of aryl methyl sites for hydroxylation is 2. The molecule has 1 aliphatic rings. The Bertz CT molecular complexity index is 1140. The molecule has 4 rings (SSSR count). The molecule has 0 spiro atoms. The highest BCUT2D eigenvalue weighted by Gasteiger charge is 2.33. The Morgan fingerprint density at radius 3 is 2.78 bits per heavy atom. The largest absolute Gasteiger partial charge is 0.416 e. The molecule has 8 nitrogen and oxygen atoms in total. The SMILES string of the molecule is CCc1nn(C)c(C(=O)N2CCOC(c3nc(-c4cccc(C(F)(F)F)c4)no3)C2)c1C. The first kappa shape index (κ1) is 22.0. The highest BCUT2D eigenvalue weighted by atomic mass is 19.4. The second kappa shape index (κ2) is 8.38. The molecule has 0 aliphatic carbocycles.